The minimum Gasteiger partial charge on any atom is -0.462 e. The van der Waals surface area contributed by atoms with Crippen molar-refractivity contribution in [2.24, 2.45) is 0 Å². The number of aromatic nitrogens is 1. The molecule has 154 valence electrons. The average molecular weight is 399 g/mol. The van der Waals surface area contributed by atoms with Crippen LogP contribution in [0, 0.1) is 5.82 Å². The Balaban J connectivity index is 1.56. The Morgan fingerprint density at radius 2 is 1.93 bits per heavy atom. The highest BCUT2D eigenvalue weighted by Crippen LogP contribution is 2.17. The Kier molecular flexibility index (Phi) is 7.32. The van der Waals surface area contributed by atoms with Crippen LogP contribution >= 0.6 is 0 Å². The van der Waals surface area contributed by atoms with Gasteiger partial charge in [-0.15, -0.1) is 0 Å². The van der Waals surface area contributed by atoms with E-state index in [4.69, 9.17) is 4.74 Å². The molecule has 1 aromatic carbocycles. The number of nitrogens with zero attached hydrogens (tertiary/aromatic N) is 3. The van der Waals surface area contributed by atoms with Crippen molar-refractivity contribution in [3.63, 3.8) is 0 Å². The first-order valence-electron chi connectivity index (χ1n) is 9.77. The molecule has 29 heavy (non-hydrogen) atoms. The third kappa shape index (κ3) is 5.62. The zero-order valence-corrected chi connectivity index (χ0v) is 16.5. The first-order chi connectivity index (χ1) is 14.1. The third-order valence-corrected chi connectivity index (χ3v) is 4.93. The van der Waals surface area contributed by atoms with E-state index in [0.717, 1.165) is 37.6 Å². The van der Waals surface area contributed by atoms with E-state index in [-0.39, 0.29) is 24.4 Å². The summed E-state index contributed by atoms with van der Waals surface area (Å²) in [5, 5.41) is 9.79. The number of aliphatic hydroxyl groups is 1. The zero-order chi connectivity index (χ0) is 20.6. The molecule has 1 aliphatic rings. The number of pyridine rings is 1. The molecule has 1 saturated heterocycles. The Labute approximate surface area is 170 Å². The molecule has 1 aromatic heterocycles. The van der Waals surface area contributed by atoms with Crippen molar-refractivity contribution in [2.45, 2.75) is 13.0 Å². The van der Waals surface area contributed by atoms with Gasteiger partial charge in [0.1, 0.15) is 11.6 Å². The van der Waals surface area contributed by atoms with Gasteiger partial charge in [-0.2, -0.15) is 0 Å². The van der Waals surface area contributed by atoms with Crippen LogP contribution in [0.4, 0.5) is 10.2 Å². The second-order valence-corrected chi connectivity index (χ2v) is 6.81. The molecule has 2 aromatic rings. The summed E-state index contributed by atoms with van der Waals surface area (Å²) in [4.78, 5) is 20.5. The standard InChI is InChI=1S/C22H26FN3O3/c1-2-29-22(28)18-6-10-21(24-15-18)26-13-11-25(12-14-26)20(16-27)9-5-17-3-7-19(23)8-4-17/h3-10,15,20,27H,2,11-14,16H2,1H3/b9-5+. The highest BCUT2D eigenvalue weighted by molar-refractivity contribution is 5.89. The number of anilines is 1. The number of ether oxygens (including phenoxy) is 1. The van der Waals surface area contributed by atoms with Crippen LogP contribution in [-0.2, 0) is 4.74 Å². The van der Waals surface area contributed by atoms with Gasteiger partial charge in [-0.1, -0.05) is 24.3 Å². The monoisotopic (exact) mass is 399 g/mol. The van der Waals surface area contributed by atoms with Crippen molar-refractivity contribution in [3.05, 3.63) is 65.6 Å². The number of aliphatic hydroxyl groups excluding tert-OH is 1. The maximum absolute atomic E-state index is 13.0. The number of hydrogen-bond donors (Lipinski definition) is 1. The van der Waals surface area contributed by atoms with Crippen molar-refractivity contribution in [1.82, 2.24) is 9.88 Å². The lowest BCUT2D eigenvalue weighted by molar-refractivity contribution is 0.0526. The van der Waals surface area contributed by atoms with Gasteiger partial charge in [-0.05, 0) is 36.8 Å². The summed E-state index contributed by atoms with van der Waals surface area (Å²) >= 11 is 0. The number of carbonyl (C=O) groups is 1. The largest absolute Gasteiger partial charge is 0.462 e. The van der Waals surface area contributed by atoms with Crippen molar-refractivity contribution in [1.29, 1.82) is 0 Å². The van der Waals surface area contributed by atoms with Crippen LogP contribution in [-0.4, -0.2) is 66.4 Å². The SMILES string of the molecule is CCOC(=O)c1ccc(N2CCN(C(/C=C/c3ccc(F)cc3)CO)CC2)nc1. The molecule has 1 unspecified atom stereocenters. The van der Waals surface area contributed by atoms with Gasteiger partial charge >= 0.3 is 5.97 Å². The Morgan fingerprint density at radius 3 is 2.52 bits per heavy atom. The van der Waals surface area contributed by atoms with Crippen molar-refractivity contribution < 1.29 is 19.0 Å². The number of esters is 1. The van der Waals surface area contributed by atoms with E-state index in [1.54, 1.807) is 31.3 Å². The van der Waals surface area contributed by atoms with E-state index in [2.05, 4.69) is 14.8 Å². The lowest BCUT2D eigenvalue weighted by atomic mass is 10.1. The molecule has 0 spiro atoms. The zero-order valence-electron chi connectivity index (χ0n) is 16.5. The Hall–Kier alpha value is -2.77. The van der Waals surface area contributed by atoms with Crippen LogP contribution < -0.4 is 4.90 Å². The molecule has 1 aliphatic heterocycles. The number of piperazine rings is 1. The topological polar surface area (TPSA) is 65.9 Å². The summed E-state index contributed by atoms with van der Waals surface area (Å²) in [5.41, 5.74) is 1.34. The van der Waals surface area contributed by atoms with Crippen LogP contribution in [0.1, 0.15) is 22.8 Å². The molecule has 0 amide bonds. The van der Waals surface area contributed by atoms with Crippen LogP contribution in [0.2, 0.25) is 0 Å². The number of benzene rings is 1. The van der Waals surface area contributed by atoms with E-state index in [1.807, 2.05) is 18.2 Å². The molecular formula is C22H26FN3O3. The first-order valence-corrected chi connectivity index (χ1v) is 9.77. The van der Waals surface area contributed by atoms with Gasteiger partial charge in [0.2, 0.25) is 0 Å². The quantitative estimate of drug-likeness (QED) is 0.722. The third-order valence-electron chi connectivity index (χ3n) is 4.93. The van der Waals surface area contributed by atoms with E-state index >= 15 is 0 Å². The van der Waals surface area contributed by atoms with Gasteiger partial charge < -0.3 is 14.7 Å². The minimum atomic E-state index is -0.366. The number of halogens is 1. The van der Waals surface area contributed by atoms with Gasteiger partial charge in [0.25, 0.3) is 0 Å². The lowest BCUT2D eigenvalue weighted by Crippen LogP contribution is -2.51. The van der Waals surface area contributed by atoms with Gasteiger partial charge in [-0.3, -0.25) is 4.90 Å². The Bertz CT molecular complexity index is 816. The molecule has 1 N–H and O–H groups in total. The molecule has 1 atom stereocenters. The minimum absolute atomic E-state index is 0.0180. The molecule has 0 bridgehead atoms. The van der Waals surface area contributed by atoms with Crippen LogP contribution in [0.5, 0.6) is 0 Å². The molecule has 0 aliphatic carbocycles. The Morgan fingerprint density at radius 1 is 1.21 bits per heavy atom. The van der Waals surface area contributed by atoms with Crippen molar-refractivity contribution >= 4 is 17.9 Å². The van der Waals surface area contributed by atoms with Crippen molar-refractivity contribution in [3.8, 4) is 0 Å². The molecule has 0 radical (unpaired) electrons. The second kappa shape index (κ2) is 10.1. The van der Waals surface area contributed by atoms with E-state index in [9.17, 15) is 14.3 Å². The number of hydrogen-bond acceptors (Lipinski definition) is 6. The second-order valence-electron chi connectivity index (χ2n) is 6.81. The summed E-state index contributed by atoms with van der Waals surface area (Å²) in [5.74, 6) is 0.191. The van der Waals surface area contributed by atoms with Gasteiger partial charge in [0.05, 0.1) is 24.8 Å². The van der Waals surface area contributed by atoms with Crippen LogP contribution in [0.25, 0.3) is 6.08 Å². The van der Waals surface area contributed by atoms with E-state index in [1.165, 1.54) is 12.1 Å². The van der Waals surface area contributed by atoms with Gasteiger partial charge in [-0.25, -0.2) is 14.2 Å². The fourth-order valence-corrected chi connectivity index (χ4v) is 3.29. The highest BCUT2D eigenvalue weighted by Gasteiger charge is 2.22. The maximum atomic E-state index is 13.0. The van der Waals surface area contributed by atoms with E-state index in [0.29, 0.717) is 12.2 Å². The summed E-state index contributed by atoms with van der Waals surface area (Å²) in [6.45, 7) is 5.22. The summed E-state index contributed by atoms with van der Waals surface area (Å²) < 4.78 is 18.0. The molecule has 7 heteroatoms. The molecule has 2 heterocycles. The fourth-order valence-electron chi connectivity index (χ4n) is 3.29. The predicted molar refractivity (Wildman–Crippen MR) is 110 cm³/mol. The number of carbonyl (C=O) groups excluding carboxylic acids is 1. The average Bonchev–Trinajstić information content (AvgIpc) is 2.76. The normalized spacial score (nSPS) is 16.2. The molecule has 3 rings (SSSR count). The maximum Gasteiger partial charge on any atom is 0.339 e. The van der Waals surface area contributed by atoms with Gasteiger partial charge in [0, 0.05) is 32.4 Å². The number of rotatable bonds is 7. The lowest BCUT2D eigenvalue weighted by Gasteiger charge is -2.38. The molecular weight excluding hydrogens is 373 g/mol. The van der Waals surface area contributed by atoms with Crippen LogP contribution in [0.3, 0.4) is 0 Å². The molecule has 0 saturated carbocycles. The summed E-state index contributed by atoms with van der Waals surface area (Å²) in [6, 6.07) is 9.74. The first kappa shape index (κ1) is 21.0. The molecule has 6 nitrogen and oxygen atoms in total. The summed E-state index contributed by atoms with van der Waals surface area (Å²) in [6.07, 6.45) is 5.40. The summed E-state index contributed by atoms with van der Waals surface area (Å²) in [7, 11) is 0. The van der Waals surface area contributed by atoms with Crippen molar-refractivity contribution in [2.75, 3.05) is 44.3 Å². The molecule has 1 fully saturated rings. The predicted octanol–water partition coefficient (Wildman–Crippen LogP) is 2.59. The smallest absolute Gasteiger partial charge is 0.339 e. The van der Waals surface area contributed by atoms with E-state index < -0.39 is 0 Å². The highest BCUT2D eigenvalue weighted by atomic mass is 19.1. The van der Waals surface area contributed by atoms with Gasteiger partial charge in [0.15, 0.2) is 0 Å². The fraction of sp³-hybridized carbons (Fsp3) is 0.364. The van der Waals surface area contributed by atoms with Crippen LogP contribution in [0.15, 0.2) is 48.7 Å².